The minimum Gasteiger partial charge on any atom is -0.309 e. The zero-order chi connectivity index (χ0) is 37.0. The molecule has 0 saturated heterocycles. The number of rotatable bonds is 6. The summed E-state index contributed by atoms with van der Waals surface area (Å²) in [6.07, 6.45) is 0. The van der Waals surface area contributed by atoms with Gasteiger partial charge in [0, 0.05) is 38.4 Å². The number of benzene rings is 8. The molecule has 0 unspecified atom stereocenters. The molecule has 11 rings (SSSR count). The van der Waals surface area contributed by atoms with E-state index in [2.05, 4.69) is 185 Å². The Kier molecular flexibility index (Phi) is 7.42. The van der Waals surface area contributed by atoms with Crippen molar-refractivity contribution in [3.05, 3.63) is 200 Å². The second kappa shape index (κ2) is 13.0. The predicted octanol–water partition coefficient (Wildman–Crippen LogP) is 12.7. The number of nitrogens with zero attached hydrogens (tertiary/aromatic N) is 5. The maximum atomic E-state index is 5.22. The summed E-state index contributed by atoms with van der Waals surface area (Å²) in [6.45, 7) is 0. The number of para-hydroxylation sites is 3. The normalized spacial score (nSPS) is 11.6. The molecule has 5 heteroatoms. The third-order valence-corrected chi connectivity index (χ3v) is 10.8. The SMILES string of the molecule is c1ccc(-c2ccc(-c3nc(-c4ccccc4)nc(-n4c5ccccc5c5ccc(-c6ccc7c8ccccc8n(-c8ccccc8)c7c6)cc54)n3)cc2)cc1. The van der Waals surface area contributed by atoms with Crippen LogP contribution in [0.25, 0.3) is 100 Å². The molecule has 0 aliphatic rings. The number of hydrogen-bond acceptors (Lipinski definition) is 3. The van der Waals surface area contributed by atoms with Crippen LogP contribution >= 0.6 is 0 Å². The van der Waals surface area contributed by atoms with Crippen molar-refractivity contribution >= 4 is 43.6 Å². The third-order valence-electron chi connectivity index (χ3n) is 10.8. The van der Waals surface area contributed by atoms with Crippen LogP contribution in [0.2, 0.25) is 0 Å². The van der Waals surface area contributed by atoms with Gasteiger partial charge >= 0.3 is 0 Å². The largest absolute Gasteiger partial charge is 0.309 e. The first-order valence-corrected chi connectivity index (χ1v) is 18.9. The van der Waals surface area contributed by atoms with Gasteiger partial charge < -0.3 is 4.57 Å². The Morgan fingerprint density at radius 1 is 0.268 bits per heavy atom. The van der Waals surface area contributed by atoms with Crippen LogP contribution in [0.5, 0.6) is 0 Å². The Labute approximate surface area is 323 Å². The van der Waals surface area contributed by atoms with Gasteiger partial charge in [0.05, 0.1) is 22.1 Å². The van der Waals surface area contributed by atoms with E-state index in [0.717, 1.165) is 55.3 Å². The molecular formula is C51H33N5. The minimum absolute atomic E-state index is 0.573. The molecule has 0 amide bonds. The first-order chi connectivity index (χ1) is 27.8. The average molecular weight is 716 g/mol. The van der Waals surface area contributed by atoms with Gasteiger partial charge in [-0.1, -0.05) is 164 Å². The van der Waals surface area contributed by atoms with Gasteiger partial charge in [-0.05, 0) is 58.7 Å². The maximum Gasteiger partial charge on any atom is 0.238 e. The minimum atomic E-state index is 0.573. The fourth-order valence-electron chi connectivity index (χ4n) is 8.12. The molecule has 0 spiro atoms. The Morgan fingerprint density at radius 2 is 0.661 bits per heavy atom. The quantitative estimate of drug-likeness (QED) is 0.172. The van der Waals surface area contributed by atoms with Crippen LogP contribution in [0.1, 0.15) is 0 Å². The highest BCUT2D eigenvalue weighted by molar-refractivity contribution is 6.12. The van der Waals surface area contributed by atoms with Crippen molar-refractivity contribution in [2.45, 2.75) is 0 Å². The summed E-state index contributed by atoms with van der Waals surface area (Å²) in [5.74, 6) is 1.82. The second-order valence-electron chi connectivity index (χ2n) is 14.1. The molecule has 3 aromatic heterocycles. The highest BCUT2D eigenvalue weighted by Gasteiger charge is 2.19. The van der Waals surface area contributed by atoms with E-state index < -0.39 is 0 Å². The van der Waals surface area contributed by atoms with Gasteiger partial charge in [0.15, 0.2) is 11.6 Å². The number of aromatic nitrogens is 5. The predicted molar refractivity (Wildman–Crippen MR) is 230 cm³/mol. The molecule has 0 atom stereocenters. The summed E-state index contributed by atoms with van der Waals surface area (Å²) in [7, 11) is 0. The van der Waals surface area contributed by atoms with E-state index in [1.165, 1.54) is 27.4 Å². The summed E-state index contributed by atoms with van der Waals surface area (Å²) in [6, 6.07) is 70.4. The van der Waals surface area contributed by atoms with E-state index in [9.17, 15) is 0 Å². The van der Waals surface area contributed by atoms with Crippen molar-refractivity contribution in [1.29, 1.82) is 0 Å². The van der Waals surface area contributed by atoms with Gasteiger partial charge in [0.2, 0.25) is 5.95 Å². The molecule has 0 aliphatic heterocycles. The molecule has 0 bridgehead atoms. The highest BCUT2D eigenvalue weighted by atomic mass is 15.2. The first-order valence-electron chi connectivity index (χ1n) is 18.9. The number of hydrogen-bond donors (Lipinski definition) is 0. The molecule has 0 N–H and O–H groups in total. The van der Waals surface area contributed by atoms with Crippen molar-refractivity contribution < 1.29 is 0 Å². The van der Waals surface area contributed by atoms with E-state index >= 15 is 0 Å². The number of fused-ring (bicyclic) bond motifs is 6. The Balaban J connectivity index is 1.11. The summed E-state index contributed by atoms with van der Waals surface area (Å²) in [5, 5.41) is 4.75. The van der Waals surface area contributed by atoms with Gasteiger partial charge in [-0.2, -0.15) is 9.97 Å². The van der Waals surface area contributed by atoms with Gasteiger partial charge in [0.1, 0.15) is 0 Å². The lowest BCUT2D eigenvalue weighted by atomic mass is 10.0. The van der Waals surface area contributed by atoms with Gasteiger partial charge in [0.25, 0.3) is 0 Å². The van der Waals surface area contributed by atoms with Crippen LogP contribution in [-0.4, -0.2) is 24.1 Å². The summed E-state index contributed by atoms with van der Waals surface area (Å²) < 4.78 is 4.57. The molecule has 0 radical (unpaired) electrons. The molecule has 11 aromatic rings. The van der Waals surface area contributed by atoms with Crippen LogP contribution in [0, 0.1) is 0 Å². The van der Waals surface area contributed by atoms with E-state index in [-0.39, 0.29) is 0 Å². The Morgan fingerprint density at radius 3 is 1.25 bits per heavy atom. The summed E-state index contributed by atoms with van der Waals surface area (Å²) in [5.41, 5.74) is 12.0. The zero-order valence-corrected chi connectivity index (χ0v) is 30.3. The Hall–Kier alpha value is -7.63. The lowest BCUT2D eigenvalue weighted by Gasteiger charge is -2.12. The molecule has 0 aliphatic carbocycles. The highest BCUT2D eigenvalue weighted by Crippen LogP contribution is 2.38. The molecule has 3 heterocycles. The smallest absolute Gasteiger partial charge is 0.238 e. The molecule has 0 saturated carbocycles. The van der Waals surface area contributed by atoms with E-state index in [4.69, 9.17) is 15.0 Å². The Bertz CT molecular complexity index is 3220. The van der Waals surface area contributed by atoms with Gasteiger partial charge in [-0.25, -0.2) is 4.98 Å². The third kappa shape index (κ3) is 5.29. The molecular weight excluding hydrogens is 683 g/mol. The zero-order valence-electron chi connectivity index (χ0n) is 30.3. The molecule has 8 aromatic carbocycles. The van der Waals surface area contributed by atoms with Gasteiger partial charge in [-0.15, -0.1) is 0 Å². The molecule has 262 valence electrons. The molecule has 0 fully saturated rings. The van der Waals surface area contributed by atoms with Crippen LogP contribution in [0.4, 0.5) is 0 Å². The van der Waals surface area contributed by atoms with Crippen molar-refractivity contribution in [2.24, 2.45) is 0 Å². The first kappa shape index (κ1) is 31.9. The summed E-state index contributed by atoms with van der Waals surface area (Å²) in [4.78, 5) is 15.5. The lowest BCUT2D eigenvalue weighted by Crippen LogP contribution is -2.06. The lowest BCUT2D eigenvalue weighted by molar-refractivity contribution is 0.953. The second-order valence-corrected chi connectivity index (χ2v) is 14.1. The fourth-order valence-corrected chi connectivity index (χ4v) is 8.12. The van der Waals surface area contributed by atoms with Gasteiger partial charge in [-0.3, -0.25) is 4.57 Å². The molecule has 56 heavy (non-hydrogen) atoms. The van der Waals surface area contributed by atoms with Crippen LogP contribution < -0.4 is 0 Å². The average Bonchev–Trinajstić information content (AvgIpc) is 3.79. The summed E-state index contributed by atoms with van der Waals surface area (Å²) >= 11 is 0. The van der Waals surface area contributed by atoms with Crippen molar-refractivity contribution in [3.63, 3.8) is 0 Å². The maximum absolute atomic E-state index is 5.22. The van der Waals surface area contributed by atoms with E-state index in [1.54, 1.807) is 0 Å². The van der Waals surface area contributed by atoms with Crippen molar-refractivity contribution in [1.82, 2.24) is 24.1 Å². The molecule has 5 nitrogen and oxygen atoms in total. The van der Waals surface area contributed by atoms with E-state index in [1.807, 2.05) is 24.3 Å². The fraction of sp³-hybridized carbons (Fsp3) is 0. The topological polar surface area (TPSA) is 48.5 Å². The van der Waals surface area contributed by atoms with Crippen LogP contribution in [0.3, 0.4) is 0 Å². The standard InChI is InChI=1S/C51H33N5/c1-4-14-34(15-5-1)35-24-26-37(27-25-35)50-52-49(36-16-6-2-7-17-36)53-51(54-50)56-46-23-13-11-21-42(46)44-31-29-39(33-48(44)56)38-28-30-43-41-20-10-12-22-45(41)55(47(43)32-38)40-18-8-3-9-19-40/h1-33H. The van der Waals surface area contributed by atoms with Crippen molar-refractivity contribution in [2.75, 3.05) is 0 Å². The monoisotopic (exact) mass is 715 g/mol. The van der Waals surface area contributed by atoms with Crippen LogP contribution in [-0.2, 0) is 0 Å². The van der Waals surface area contributed by atoms with Crippen LogP contribution in [0.15, 0.2) is 200 Å². The van der Waals surface area contributed by atoms with Crippen molar-refractivity contribution in [3.8, 4) is 56.7 Å². The van der Waals surface area contributed by atoms with E-state index in [0.29, 0.717) is 17.6 Å².